The van der Waals surface area contributed by atoms with Crippen molar-refractivity contribution in [1.82, 2.24) is 9.97 Å². The number of H-pyrrole nitrogens is 1. The number of Topliss-reactive ketones (excluding diaryl/α,β-unsaturated/α-hetero) is 1. The lowest BCUT2D eigenvalue weighted by Gasteiger charge is -2.07. The minimum atomic E-state index is -0.233. The minimum Gasteiger partial charge on any atom is -0.354 e. The van der Waals surface area contributed by atoms with Crippen molar-refractivity contribution in [2.45, 2.75) is 37.8 Å². The third kappa shape index (κ3) is 4.51. The van der Waals surface area contributed by atoms with Crippen molar-refractivity contribution < 1.29 is 9.59 Å². The van der Waals surface area contributed by atoms with E-state index in [1.807, 2.05) is 56.4 Å². The Labute approximate surface area is 169 Å². The second-order valence-electron chi connectivity index (χ2n) is 6.52. The quantitative estimate of drug-likeness (QED) is 0.436. The number of nitrogens with zero attached hydrogens (tertiary/aromatic N) is 1. The predicted molar refractivity (Wildman–Crippen MR) is 113 cm³/mol. The van der Waals surface area contributed by atoms with Gasteiger partial charge in [0.2, 0.25) is 0 Å². The van der Waals surface area contributed by atoms with E-state index in [0.29, 0.717) is 17.7 Å². The molecule has 0 atom stereocenters. The summed E-state index contributed by atoms with van der Waals surface area (Å²) in [5.74, 6) is 0.581. The Morgan fingerprint density at radius 3 is 2.54 bits per heavy atom. The van der Waals surface area contributed by atoms with Crippen LogP contribution in [0.4, 0.5) is 5.69 Å². The summed E-state index contributed by atoms with van der Waals surface area (Å²) in [5.41, 5.74) is 4.47. The molecule has 0 bridgehead atoms. The first-order valence-electron chi connectivity index (χ1n) is 9.15. The van der Waals surface area contributed by atoms with Gasteiger partial charge in [-0.3, -0.25) is 14.6 Å². The molecule has 2 aromatic heterocycles. The van der Waals surface area contributed by atoms with Gasteiger partial charge in [0.15, 0.2) is 5.78 Å². The standard InChI is InChI=1S/C22H23N3O2S/c1-4-19-20(15(3)26)14(2)24-21(19)22(27)25-17-7-9-18(10-8-17)28-13-16-6-5-11-23-12-16/h5-12,24H,4,13H2,1-3H3,(H,25,27). The van der Waals surface area contributed by atoms with E-state index in [9.17, 15) is 9.59 Å². The number of thioether (sulfide) groups is 1. The van der Waals surface area contributed by atoms with Gasteiger partial charge in [0.25, 0.3) is 5.91 Å². The number of anilines is 1. The van der Waals surface area contributed by atoms with Gasteiger partial charge in [-0.15, -0.1) is 11.8 Å². The van der Waals surface area contributed by atoms with Gasteiger partial charge in [0.05, 0.1) is 0 Å². The van der Waals surface area contributed by atoms with E-state index in [1.165, 1.54) is 12.5 Å². The summed E-state index contributed by atoms with van der Waals surface area (Å²) in [6.45, 7) is 5.29. The summed E-state index contributed by atoms with van der Waals surface area (Å²) >= 11 is 1.72. The number of carbonyl (C=O) groups is 2. The van der Waals surface area contributed by atoms with E-state index in [2.05, 4.69) is 15.3 Å². The van der Waals surface area contributed by atoms with Gasteiger partial charge in [-0.25, -0.2) is 0 Å². The minimum absolute atomic E-state index is 0.0281. The molecule has 0 saturated heterocycles. The molecule has 2 heterocycles. The lowest BCUT2D eigenvalue weighted by Crippen LogP contribution is -2.14. The molecule has 28 heavy (non-hydrogen) atoms. The first-order chi connectivity index (χ1) is 13.5. The van der Waals surface area contributed by atoms with Crippen molar-refractivity contribution in [3.05, 3.63) is 76.9 Å². The number of nitrogens with one attached hydrogen (secondary N) is 2. The number of pyridine rings is 1. The zero-order chi connectivity index (χ0) is 20.1. The first kappa shape index (κ1) is 19.9. The van der Waals surface area contributed by atoms with E-state index in [0.717, 1.165) is 27.6 Å². The highest BCUT2D eigenvalue weighted by Gasteiger charge is 2.21. The Morgan fingerprint density at radius 1 is 1.18 bits per heavy atom. The molecule has 0 saturated carbocycles. The van der Waals surface area contributed by atoms with Crippen LogP contribution in [0.3, 0.4) is 0 Å². The molecule has 1 aromatic carbocycles. The predicted octanol–water partition coefficient (Wildman–Crippen LogP) is 5.03. The average molecular weight is 394 g/mol. The van der Waals surface area contributed by atoms with Gasteiger partial charge < -0.3 is 10.3 Å². The molecule has 5 nitrogen and oxygen atoms in total. The summed E-state index contributed by atoms with van der Waals surface area (Å²) in [7, 11) is 0. The number of rotatable bonds is 7. The van der Waals surface area contributed by atoms with Gasteiger partial charge in [-0.1, -0.05) is 13.0 Å². The molecule has 6 heteroatoms. The van der Waals surface area contributed by atoms with Crippen LogP contribution in [0.15, 0.2) is 53.7 Å². The van der Waals surface area contributed by atoms with E-state index in [-0.39, 0.29) is 11.7 Å². The van der Waals surface area contributed by atoms with E-state index < -0.39 is 0 Å². The number of carbonyl (C=O) groups excluding carboxylic acids is 2. The third-order valence-corrected chi connectivity index (χ3v) is 5.55. The van der Waals surface area contributed by atoms with E-state index in [4.69, 9.17) is 0 Å². The third-order valence-electron chi connectivity index (χ3n) is 4.46. The smallest absolute Gasteiger partial charge is 0.272 e. The first-order valence-corrected chi connectivity index (χ1v) is 10.1. The lowest BCUT2D eigenvalue weighted by atomic mass is 10.0. The topological polar surface area (TPSA) is 74.8 Å². The number of aryl methyl sites for hydroxylation is 1. The number of aromatic amines is 1. The molecule has 0 aliphatic carbocycles. The van der Waals surface area contributed by atoms with Crippen LogP contribution in [0.1, 0.15) is 51.5 Å². The van der Waals surface area contributed by atoms with Gasteiger partial charge >= 0.3 is 0 Å². The zero-order valence-electron chi connectivity index (χ0n) is 16.2. The van der Waals surface area contributed by atoms with Crippen molar-refractivity contribution >= 4 is 29.1 Å². The average Bonchev–Trinajstić information content (AvgIpc) is 3.05. The Balaban J connectivity index is 1.68. The summed E-state index contributed by atoms with van der Waals surface area (Å²) in [5, 5.41) is 2.91. The lowest BCUT2D eigenvalue weighted by molar-refractivity contribution is 0.101. The van der Waals surface area contributed by atoms with Crippen LogP contribution in [0.2, 0.25) is 0 Å². The molecular formula is C22H23N3O2S. The summed E-state index contributed by atoms with van der Waals surface area (Å²) in [4.78, 5) is 32.9. The second kappa shape index (κ2) is 8.89. The highest BCUT2D eigenvalue weighted by Crippen LogP contribution is 2.25. The van der Waals surface area contributed by atoms with Crippen LogP contribution in [0.25, 0.3) is 0 Å². The molecular weight excluding hydrogens is 370 g/mol. The number of hydrogen-bond donors (Lipinski definition) is 2. The Kier molecular flexibility index (Phi) is 6.31. The highest BCUT2D eigenvalue weighted by atomic mass is 32.2. The molecule has 0 fully saturated rings. The molecule has 144 valence electrons. The zero-order valence-corrected chi connectivity index (χ0v) is 17.0. The maximum Gasteiger partial charge on any atom is 0.272 e. The monoisotopic (exact) mass is 393 g/mol. The van der Waals surface area contributed by atoms with Crippen LogP contribution < -0.4 is 5.32 Å². The van der Waals surface area contributed by atoms with Crippen LogP contribution in [-0.4, -0.2) is 21.7 Å². The van der Waals surface area contributed by atoms with Crippen molar-refractivity contribution in [2.24, 2.45) is 0 Å². The van der Waals surface area contributed by atoms with E-state index >= 15 is 0 Å². The van der Waals surface area contributed by atoms with Gasteiger partial charge in [0.1, 0.15) is 5.69 Å². The van der Waals surface area contributed by atoms with E-state index in [1.54, 1.807) is 18.0 Å². The van der Waals surface area contributed by atoms with Crippen LogP contribution >= 0.6 is 11.8 Å². The Hall–Kier alpha value is -2.86. The molecule has 0 radical (unpaired) electrons. The van der Waals surface area contributed by atoms with Crippen molar-refractivity contribution in [3.8, 4) is 0 Å². The number of amides is 1. The molecule has 0 aliphatic rings. The van der Waals surface area contributed by atoms with Crippen LogP contribution in [0.5, 0.6) is 0 Å². The maximum absolute atomic E-state index is 12.7. The summed E-state index contributed by atoms with van der Waals surface area (Å²) in [6, 6.07) is 11.7. The van der Waals surface area contributed by atoms with Crippen molar-refractivity contribution in [2.75, 3.05) is 5.32 Å². The fraction of sp³-hybridized carbons (Fsp3) is 0.227. The second-order valence-corrected chi connectivity index (χ2v) is 7.57. The normalized spacial score (nSPS) is 10.7. The van der Waals surface area contributed by atoms with Crippen LogP contribution in [-0.2, 0) is 12.2 Å². The van der Waals surface area contributed by atoms with Crippen molar-refractivity contribution in [1.29, 1.82) is 0 Å². The molecule has 0 unspecified atom stereocenters. The highest BCUT2D eigenvalue weighted by molar-refractivity contribution is 7.98. The molecule has 0 aliphatic heterocycles. The summed E-state index contributed by atoms with van der Waals surface area (Å²) in [6.07, 6.45) is 4.24. The van der Waals surface area contributed by atoms with Gasteiger partial charge in [-0.05, 0) is 61.7 Å². The molecule has 3 rings (SSSR count). The Morgan fingerprint density at radius 2 is 1.93 bits per heavy atom. The molecule has 2 N–H and O–H groups in total. The molecule has 0 spiro atoms. The SMILES string of the molecule is CCc1c(C(=O)Nc2ccc(SCc3cccnc3)cc2)[nH]c(C)c1C(C)=O. The molecule has 3 aromatic rings. The largest absolute Gasteiger partial charge is 0.354 e. The fourth-order valence-electron chi connectivity index (χ4n) is 3.18. The summed E-state index contributed by atoms with van der Waals surface area (Å²) < 4.78 is 0. The number of hydrogen-bond acceptors (Lipinski definition) is 4. The number of aromatic nitrogens is 2. The number of benzene rings is 1. The molecule has 1 amide bonds. The van der Waals surface area contributed by atoms with Crippen LogP contribution in [0, 0.1) is 6.92 Å². The van der Waals surface area contributed by atoms with Gasteiger partial charge in [-0.2, -0.15) is 0 Å². The Bertz CT molecular complexity index is 979. The fourth-order valence-corrected chi connectivity index (χ4v) is 4.01. The van der Waals surface area contributed by atoms with Gasteiger partial charge in [0, 0.05) is 40.0 Å². The van der Waals surface area contributed by atoms with Crippen molar-refractivity contribution in [3.63, 3.8) is 0 Å². The maximum atomic E-state index is 12.7. The number of ketones is 1.